The van der Waals surface area contributed by atoms with E-state index in [9.17, 15) is 9.90 Å². The van der Waals surface area contributed by atoms with Crippen LogP contribution < -0.4 is 14.2 Å². The Balaban J connectivity index is 1.67. The van der Waals surface area contributed by atoms with Gasteiger partial charge >= 0.3 is 5.97 Å². The third-order valence-electron chi connectivity index (χ3n) is 8.25. The maximum atomic E-state index is 13.5. The third kappa shape index (κ3) is 4.36. The van der Waals surface area contributed by atoms with Crippen molar-refractivity contribution in [3.8, 4) is 17.2 Å². The number of ether oxygens (including phenoxy) is 4. The van der Waals surface area contributed by atoms with Crippen LogP contribution in [0.15, 0.2) is 23.5 Å². The van der Waals surface area contributed by atoms with E-state index in [1.807, 2.05) is 12.1 Å². The van der Waals surface area contributed by atoms with Crippen molar-refractivity contribution in [1.29, 1.82) is 0 Å². The van der Waals surface area contributed by atoms with Gasteiger partial charge in [0.1, 0.15) is 29.1 Å². The topological polar surface area (TPSA) is 74.2 Å². The van der Waals surface area contributed by atoms with Gasteiger partial charge in [-0.25, -0.2) is 4.79 Å². The Morgan fingerprint density at radius 2 is 1.76 bits per heavy atom. The third-order valence-corrected chi connectivity index (χ3v) is 8.25. The molecule has 1 fully saturated rings. The summed E-state index contributed by atoms with van der Waals surface area (Å²) in [7, 11) is 3.23. The predicted molar refractivity (Wildman–Crippen MR) is 131 cm³/mol. The number of hydrogen-bond acceptors (Lipinski definition) is 6. The molecule has 1 heterocycles. The lowest BCUT2D eigenvalue weighted by Gasteiger charge is -2.39. The molecule has 6 nitrogen and oxygen atoms in total. The van der Waals surface area contributed by atoms with E-state index in [1.54, 1.807) is 14.2 Å². The van der Waals surface area contributed by atoms with Gasteiger partial charge in [-0.1, -0.05) is 41.0 Å². The van der Waals surface area contributed by atoms with Crippen molar-refractivity contribution < 1.29 is 28.8 Å². The quantitative estimate of drug-likeness (QED) is 0.509. The van der Waals surface area contributed by atoms with Gasteiger partial charge < -0.3 is 24.1 Å². The van der Waals surface area contributed by atoms with Crippen molar-refractivity contribution in [2.45, 2.75) is 78.4 Å². The summed E-state index contributed by atoms with van der Waals surface area (Å²) in [5.74, 6) is 3.14. The minimum Gasteiger partial charge on any atom is -0.508 e. The molecule has 2 aliphatic carbocycles. The molecule has 0 unspecified atom stereocenters. The molecule has 0 radical (unpaired) electrons. The van der Waals surface area contributed by atoms with Crippen molar-refractivity contribution >= 4 is 5.97 Å². The van der Waals surface area contributed by atoms with Gasteiger partial charge in [0.2, 0.25) is 0 Å². The monoisotopic (exact) mass is 472 g/mol. The molecule has 6 heteroatoms. The molecule has 34 heavy (non-hydrogen) atoms. The molecule has 1 saturated carbocycles. The molecule has 1 N–H and O–H groups in total. The molecular weight excluding hydrogens is 432 g/mol. The lowest BCUT2D eigenvalue weighted by molar-refractivity contribution is -0.152. The predicted octanol–water partition coefficient (Wildman–Crippen LogP) is 6.04. The summed E-state index contributed by atoms with van der Waals surface area (Å²) in [6.45, 7) is 10.9. The number of benzene rings is 1. The second-order valence-electron chi connectivity index (χ2n) is 11.1. The molecule has 6 atom stereocenters. The van der Waals surface area contributed by atoms with Gasteiger partial charge in [0.25, 0.3) is 0 Å². The van der Waals surface area contributed by atoms with E-state index in [0.717, 1.165) is 18.4 Å². The van der Waals surface area contributed by atoms with Crippen LogP contribution in [0.25, 0.3) is 0 Å². The van der Waals surface area contributed by atoms with Crippen molar-refractivity contribution in [2.75, 3.05) is 14.2 Å². The van der Waals surface area contributed by atoms with E-state index in [0.29, 0.717) is 47.0 Å². The molecule has 0 bridgehead atoms. The van der Waals surface area contributed by atoms with Crippen molar-refractivity contribution in [3.05, 3.63) is 29.0 Å². The fourth-order valence-corrected chi connectivity index (χ4v) is 6.25. The SMILES string of the molecule is COc1cc(OC)c2c(c1)O[C@@H]1C(O)=C(C(=O)O[C@@H]3C[C@H](C)CC[C@H]3C(C)C)C[C@@H](C(C)C)[C@H]21. The molecular formula is C28H40O6. The fraction of sp³-hybridized carbons (Fsp3) is 0.679. The number of hydrogen-bond donors (Lipinski definition) is 1. The highest BCUT2D eigenvalue weighted by atomic mass is 16.5. The average Bonchev–Trinajstić information content (AvgIpc) is 3.18. The first-order valence-corrected chi connectivity index (χ1v) is 12.7. The normalized spacial score (nSPS) is 30.6. The van der Waals surface area contributed by atoms with Gasteiger partial charge in [0.05, 0.1) is 19.8 Å². The van der Waals surface area contributed by atoms with E-state index in [1.165, 1.54) is 6.42 Å². The Hall–Kier alpha value is -2.37. The van der Waals surface area contributed by atoms with Crippen LogP contribution in [0, 0.1) is 29.6 Å². The Morgan fingerprint density at radius 1 is 1.06 bits per heavy atom. The van der Waals surface area contributed by atoms with Crippen LogP contribution >= 0.6 is 0 Å². The first-order chi connectivity index (χ1) is 16.2. The van der Waals surface area contributed by atoms with Gasteiger partial charge in [-0.15, -0.1) is 0 Å². The summed E-state index contributed by atoms with van der Waals surface area (Å²) in [6, 6.07) is 3.68. The summed E-state index contributed by atoms with van der Waals surface area (Å²) in [6.07, 6.45) is 2.82. The van der Waals surface area contributed by atoms with E-state index >= 15 is 0 Å². The van der Waals surface area contributed by atoms with E-state index in [4.69, 9.17) is 18.9 Å². The van der Waals surface area contributed by atoms with Gasteiger partial charge in [-0.3, -0.25) is 0 Å². The van der Waals surface area contributed by atoms with Crippen LogP contribution in [0.2, 0.25) is 0 Å². The zero-order chi connectivity index (χ0) is 24.7. The van der Waals surface area contributed by atoms with E-state index < -0.39 is 12.1 Å². The van der Waals surface area contributed by atoms with Crippen LogP contribution in [0.3, 0.4) is 0 Å². The highest BCUT2D eigenvalue weighted by molar-refractivity contribution is 5.90. The van der Waals surface area contributed by atoms with Gasteiger partial charge in [0, 0.05) is 23.6 Å². The van der Waals surface area contributed by atoms with Gasteiger partial charge in [-0.05, 0) is 48.9 Å². The van der Waals surface area contributed by atoms with Crippen molar-refractivity contribution in [2.24, 2.45) is 29.6 Å². The molecule has 1 aliphatic heterocycles. The molecule has 1 aromatic carbocycles. The van der Waals surface area contributed by atoms with Crippen LogP contribution in [0.1, 0.15) is 71.8 Å². The van der Waals surface area contributed by atoms with Gasteiger partial charge in [-0.2, -0.15) is 0 Å². The Morgan fingerprint density at radius 3 is 2.38 bits per heavy atom. The summed E-state index contributed by atoms with van der Waals surface area (Å²) in [4.78, 5) is 13.5. The Bertz CT molecular complexity index is 948. The van der Waals surface area contributed by atoms with Crippen molar-refractivity contribution in [1.82, 2.24) is 0 Å². The number of esters is 1. The smallest absolute Gasteiger partial charge is 0.337 e. The molecule has 0 aromatic heterocycles. The first-order valence-electron chi connectivity index (χ1n) is 12.7. The molecule has 1 aromatic rings. The zero-order valence-corrected chi connectivity index (χ0v) is 21.6. The molecule has 4 rings (SSSR count). The number of rotatable bonds is 6. The fourth-order valence-electron chi connectivity index (χ4n) is 6.25. The second-order valence-corrected chi connectivity index (χ2v) is 11.1. The molecule has 188 valence electrons. The second kappa shape index (κ2) is 9.71. The van der Waals surface area contributed by atoms with Crippen LogP contribution in [-0.4, -0.2) is 37.5 Å². The molecule has 0 saturated heterocycles. The highest BCUT2D eigenvalue weighted by Gasteiger charge is 2.50. The molecule has 0 amide bonds. The number of aliphatic hydroxyl groups excluding tert-OH is 1. The van der Waals surface area contributed by atoms with Crippen LogP contribution in [0.4, 0.5) is 0 Å². The number of fused-ring (bicyclic) bond motifs is 3. The summed E-state index contributed by atoms with van der Waals surface area (Å²) < 4.78 is 23.5. The lowest BCUT2D eigenvalue weighted by atomic mass is 9.69. The maximum absolute atomic E-state index is 13.5. The summed E-state index contributed by atoms with van der Waals surface area (Å²) in [5.41, 5.74) is 1.30. The highest BCUT2D eigenvalue weighted by Crippen LogP contribution is 2.56. The van der Waals surface area contributed by atoms with E-state index in [-0.39, 0.29) is 29.6 Å². The average molecular weight is 473 g/mol. The molecule has 0 spiro atoms. The Labute approximate surface area is 203 Å². The number of methoxy groups -OCH3 is 2. The summed E-state index contributed by atoms with van der Waals surface area (Å²) >= 11 is 0. The lowest BCUT2D eigenvalue weighted by Crippen LogP contribution is -2.40. The maximum Gasteiger partial charge on any atom is 0.337 e. The number of carbonyl (C=O) groups excluding carboxylic acids is 1. The molecule has 3 aliphatic rings. The number of carbonyl (C=O) groups is 1. The van der Waals surface area contributed by atoms with Gasteiger partial charge in [0.15, 0.2) is 6.10 Å². The minimum absolute atomic E-state index is 0.00549. The van der Waals surface area contributed by atoms with E-state index in [2.05, 4.69) is 34.6 Å². The van der Waals surface area contributed by atoms with Crippen LogP contribution in [-0.2, 0) is 9.53 Å². The van der Waals surface area contributed by atoms with Crippen LogP contribution in [0.5, 0.6) is 17.2 Å². The Kier molecular flexibility index (Phi) is 7.07. The standard InChI is InChI=1S/C28H40O6/c1-14(2)18-9-8-16(5)10-21(18)34-28(30)20-13-19(15(3)4)24-25-22(32-7)11-17(31-6)12-23(25)33-27(24)26(20)29/h11-12,14-16,18-19,21,24,27,29H,8-10,13H2,1-7H3/t16-,18+,19+,21-,24-,27+/m1/s1. The zero-order valence-electron chi connectivity index (χ0n) is 21.6. The number of aliphatic hydroxyl groups is 1. The summed E-state index contributed by atoms with van der Waals surface area (Å²) in [5, 5.41) is 11.3. The minimum atomic E-state index is -0.633. The first kappa shape index (κ1) is 24.7. The van der Waals surface area contributed by atoms with Crippen molar-refractivity contribution in [3.63, 3.8) is 0 Å². The largest absolute Gasteiger partial charge is 0.508 e.